The molecular formula is C17H17ClN2O. The fourth-order valence-corrected chi connectivity index (χ4v) is 2.06. The minimum atomic E-state index is -0.0504. The number of aryl methyl sites for hydroxylation is 1. The predicted octanol–water partition coefficient (Wildman–Crippen LogP) is 4.63. The number of pyridine rings is 1. The van der Waals surface area contributed by atoms with Crippen molar-refractivity contribution < 1.29 is 4.79 Å². The average molecular weight is 301 g/mol. The summed E-state index contributed by atoms with van der Waals surface area (Å²) in [6.45, 7) is 3.99. The lowest BCUT2D eigenvalue weighted by atomic mass is 10.1. The van der Waals surface area contributed by atoms with Gasteiger partial charge in [-0.15, -0.1) is 0 Å². The van der Waals surface area contributed by atoms with Crippen LogP contribution in [0.2, 0.25) is 5.02 Å². The van der Waals surface area contributed by atoms with E-state index in [1.54, 1.807) is 30.6 Å². The van der Waals surface area contributed by atoms with Crippen molar-refractivity contribution in [1.29, 1.82) is 0 Å². The number of allylic oxidation sites excluding steroid dienone is 2. The molecule has 1 aromatic carbocycles. The van der Waals surface area contributed by atoms with Gasteiger partial charge in [0.1, 0.15) is 0 Å². The Bertz CT molecular complexity index is 666. The molecule has 1 aromatic heterocycles. The number of anilines is 1. The van der Waals surface area contributed by atoms with E-state index in [1.807, 2.05) is 32.0 Å². The molecule has 0 amide bonds. The van der Waals surface area contributed by atoms with Crippen LogP contribution in [0.4, 0.5) is 5.69 Å². The fraction of sp³-hybridized carbons (Fsp3) is 0.176. The Balaban J connectivity index is 2.21. The van der Waals surface area contributed by atoms with Crippen LogP contribution in [0, 0.1) is 6.92 Å². The maximum absolute atomic E-state index is 12.2. The summed E-state index contributed by atoms with van der Waals surface area (Å²) in [5.41, 5.74) is 3.36. The topological polar surface area (TPSA) is 42.0 Å². The first kappa shape index (κ1) is 15.3. The maximum atomic E-state index is 12.2. The molecule has 1 N–H and O–H groups in total. The lowest BCUT2D eigenvalue weighted by Gasteiger charge is -2.11. The Kier molecular flexibility index (Phi) is 5.12. The molecule has 108 valence electrons. The summed E-state index contributed by atoms with van der Waals surface area (Å²) in [5.74, 6) is -0.0504. The molecule has 0 saturated carbocycles. The number of carbonyl (C=O) groups excluding carboxylic acids is 1. The van der Waals surface area contributed by atoms with E-state index in [0.29, 0.717) is 17.0 Å². The molecule has 21 heavy (non-hydrogen) atoms. The first-order valence-electron chi connectivity index (χ1n) is 6.78. The number of ketones is 1. The van der Waals surface area contributed by atoms with Crippen molar-refractivity contribution in [3.63, 3.8) is 0 Å². The third kappa shape index (κ3) is 4.17. The van der Waals surface area contributed by atoms with Crippen LogP contribution >= 0.6 is 11.6 Å². The number of nitrogens with one attached hydrogen (secondary N) is 1. The Hall–Kier alpha value is -2.13. The number of carbonyl (C=O) groups is 1. The summed E-state index contributed by atoms with van der Waals surface area (Å²) < 4.78 is 0. The van der Waals surface area contributed by atoms with E-state index < -0.39 is 0 Å². The standard InChI is InChI=1S/C17H17ClN2O/c1-3-14(11-17(21)13-6-8-19-9-7-13)20-16-10-12(2)4-5-15(16)18/h4-11,20H,3H2,1-2H3/b14-11-. The predicted molar refractivity (Wildman–Crippen MR) is 86.8 cm³/mol. The van der Waals surface area contributed by atoms with Crippen LogP contribution < -0.4 is 5.32 Å². The molecule has 0 fully saturated rings. The summed E-state index contributed by atoms with van der Waals surface area (Å²) >= 11 is 6.17. The van der Waals surface area contributed by atoms with Gasteiger partial charge in [0, 0.05) is 29.7 Å². The quantitative estimate of drug-likeness (QED) is 0.646. The molecule has 4 heteroatoms. The van der Waals surface area contributed by atoms with Crippen molar-refractivity contribution in [1.82, 2.24) is 4.98 Å². The molecule has 3 nitrogen and oxygen atoms in total. The number of benzene rings is 1. The molecule has 2 aromatic rings. The molecular weight excluding hydrogens is 284 g/mol. The fourth-order valence-electron chi connectivity index (χ4n) is 1.89. The molecule has 0 aliphatic carbocycles. The smallest absolute Gasteiger partial charge is 0.187 e. The maximum Gasteiger partial charge on any atom is 0.187 e. The van der Waals surface area contributed by atoms with Crippen molar-refractivity contribution >= 4 is 23.1 Å². The second-order valence-electron chi connectivity index (χ2n) is 4.73. The van der Waals surface area contributed by atoms with E-state index in [-0.39, 0.29) is 5.78 Å². The normalized spacial score (nSPS) is 11.3. The van der Waals surface area contributed by atoms with E-state index >= 15 is 0 Å². The summed E-state index contributed by atoms with van der Waals surface area (Å²) in [6.07, 6.45) is 5.53. The molecule has 0 spiro atoms. The van der Waals surface area contributed by atoms with Gasteiger partial charge in [-0.1, -0.05) is 24.6 Å². The molecule has 2 rings (SSSR count). The molecule has 1 heterocycles. The van der Waals surface area contributed by atoms with Crippen LogP contribution in [0.15, 0.2) is 54.5 Å². The second kappa shape index (κ2) is 7.04. The number of hydrogen-bond donors (Lipinski definition) is 1. The Labute approximate surface area is 129 Å². The molecule has 0 radical (unpaired) electrons. The molecule has 0 bridgehead atoms. The number of halogens is 1. The van der Waals surface area contributed by atoms with Gasteiger partial charge in [-0.05, 0) is 43.2 Å². The van der Waals surface area contributed by atoms with Crippen molar-refractivity contribution in [3.8, 4) is 0 Å². The van der Waals surface area contributed by atoms with Gasteiger partial charge < -0.3 is 5.32 Å². The largest absolute Gasteiger partial charge is 0.358 e. The van der Waals surface area contributed by atoms with Crippen molar-refractivity contribution in [2.24, 2.45) is 0 Å². The zero-order valence-electron chi connectivity index (χ0n) is 12.1. The molecule has 0 aliphatic heterocycles. The van der Waals surface area contributed by atoms with E-state index in [4.69, 9.17) is 11.6 Å². The summed E-state index contributed by atoms with van der Waals surface area (Å²) in [6, 6.07) is 9.16. The third-order valence-corrected chi connectivity index (χ3v) is 3.40. The van der Waals surface area contributed by atoms with E-state index in [0.717, 1.165) is 16.9 Å². The molecule has 0 atom stereocenters. The van der Waals surface area contributed by atoms with Crippen molar-refractivity contribution in [3.05, 3.63) is 70.6 Å². The highest BCUT2D eigenvalue weighted by Gasteiger charge is 2.06. The minimum absolute atomic E-state index is 0.0504. The van der Waals surface area contributed by atoms with Crippen LogP contribution in [0.1, 0.15) is 29.3 Å². The van der Waals surface area contributed by atoms with E-state index in [9.17, 15) is 4.79 Å². The third-order valence-electron chi connectivity index (χ3n) is 3.07. The SMILES string of the molecule is CC/C(=C/C(=O)c1ccncc1)Nc1cc(C)ccc1Cl. The highest BCUT2D eigenvalue weighted by molar-refractivity contribution is 6.33. The first-order valence-corrected chi connectivity index (χ1v) is 7.16. The van der Waals surface area contributed by atoms with Crippen LogP contribution in [0.25, 0.3) is 0 Å². The van der Waals surface area contributed by atoms with Gasteiger partial charge in [0.2, 0.25) is 0 Å². The van der Waals surface area contributed by atoms with E-state index in [1.165, 1.54) is 0 Å². The zero-order chi connectivity index (χ0) is 15.2. The first-order chi connectivity index (χ1) is 10.1. The molecule has 0 aliphatic rings. The highest BCUT2D eigenvalue weighted by atomic mass is 35.5. The number of aromatic nitrogens is 1. The average Bonchev–Trinajstić information content (AvgIpc) is 2.51. The van der Waals surface area contributed by atoms with Gasteiger partial charge in [0.05, 0.1) is 10.7 Å². The summed E-state index contributed by atoms with van der Waals surface area (Å²) in [5, 5.41) is 3.87. The van der Waals surface area contributed by atoms with Crippen LogP contribution in [-0.2, 0) is 0 Å². The Morgan fingerprint density at radius 1 is 1.29 bits per heavy atom. The molecule has 0 unspecified atom stereocenters. The van der Waals surface area contributed by atoms with Crippen LogP contribution in [0.3, 0.4) is 0 Å². The number of nitrogens with zero attached hydrogens (tertiary/aromatic N) is 1. The highest BCUT2D eigenvalue weighted by Crippen LogP contribution is 2.24. The van der Waals surface area contributed by atoms with Gasteiger partial charge in [0.15, 0.2) is 5.78 Å². The van der Waals surface area contributed by atoms with Crippen LogP contribution in [-0.4, -0.2) is 10.8 Å². The molecule has 0 saturated heterocycles. The minimum Gasteiger partial charge on any atom is -0.358 e. The Morgan fingerprint density at radius 3 is 2.67 bits per heavy atom. The summed E-state index contributed by atoms with van der Waals surface area (Å²) in [7, 11) is 0. The van der Waals surface area contributed by atoms with Gasteiger partial charge >= 0.3 is 0 Å². The van der Waals surface area contributed by atoms with Crippen molar-refractivity contribution in [2.45, 2.75) is 20.3 Å². The lowest BCUT2D eigenvalue weighted by Crippen LogP contribution is -2.04. The Morgan fingerprint density at radius 2 is 2.00 bits per heavy atom. The zero-order valence-corrected chi connectivity index (χ0v) is 12.8. The van der Waals surface area contributed by atoms with Gasteiger partial charge in [-0.25, -0.2) is 0 Å². The van der Waals surface area contributed by atoms with Crippen molar-refractivity contribution in [2.75, 3.05) is 5.32 Å². The number of rotatable bonds is 5. The van der Waals surface area contributed by atoms with Gasteiger partial charge in [-0.3, -0.25) is 9.78 Å². The van der Waals surface area contributed by atoms with Gasteiger partial charge in [0.25, 0.3) is 0 Å². The number of hydrogen-bond acceptors (Lipinski definition) is 3. The van der Waals surface area contributed by atoms with Gasteiger partial charge in [-0.2, -0.15) is 0 Å². The monoisotopic (exact) mass is 300 g/mol. The van der Waals surface area contributed by atoms with E-state index in [2.05, 4.69) is 10.3 Å². The van der Waals surface area contributed by atoms with Crippen LogP contribution in [0.5, 0.6) is 0 Å². The second-order valence-corrected chi connectivity index (χ2v) is 5.14. The lowest BCUT2D eigenvalue weighted by molar-refractivity contribution is 0.104. The summed E-state index contributed by atoms with van der Waals surface area (Å²) in [4.78, 5) is 16.1.